The number of pyridine rings is 1. The Morgan fingerprint density at radius 3 is 2.88 bits per heavy atom. The number of thiazole rings is 1. The molecule has 0 amide bonds. The molecule has 16 heavy (non-hydrogen) atoms. The van der Waals surface area contributed by atoms with Crippen molar-refractivity contribution in [3.8, 4) is 0 Å². The first-order valence-corrected chi connectivity index (χ1v) is 6.17. The topological polar surface area (TPSA) is 37.8 Å². The van der Waals surface area contributed by atoms with Crippen LogP contribution in [0, 0.1) is 6.92 Å². The molecule has 1 N–H and O–H groups in total. The molecule has 4 heteroatoms. The van der Waals surface area contributed by atoms with Crippen LogP contribution in [-0.4, -0.2) is 17.0 Å². The molecule has 0 saturated carbocycles. The van der Waals surface area contributed by atoms with Gasteiger partial charge < -0.3 is 5.32 Å². The number of aryl methyl sites for hydroxylation is 1. The molecule has 0 aromatic carbocycles. The van der Waals surface area contributed by atoms with Gasteiger partial charge in [-0.05, 0) is 26.1 Å². The van der Waals surface area contributed by atoms with Crippen molar-refractivity contribution >= 4 is 11.3 Å². The third-order valence-corrected chi connectivity index (χ3v) is 3.27. The van der Waals surface area contributed by atoms with Crippen molar-refractivity contribution in [2.45, 2.75) is 19.4 Å². The minimum absolute atomic E-state index is 0.250. The summed E-state index contributed by atoms with van der Waals surface area (Å²) in [6, 6.07) is 6.25. The van der Waals surface area contributed by atoms with Gasteiger partial charge in [0, 0.05) is 23.7 Å². The highest BCUT2D eigenvalue weighted by molar-refractivity contribution is 7.09. The van der Waals surface area contributed by atoms with Gasteiger partial charge in [-0.1, -0.05) is 6.07 Å². The molecule has 84 valence electrons. The summed E-state index contributed by atoms with van der Waals surface area (Å²) in [6.45, 7) is 2.03. The van der Waals surface area contributed by atoms with Gasteiger partial charge in [-0.2, -0.15) is 0 Å². The van der Waals surface area contributed by atoms with Crippen LogP contribution in [0.4, 0.5) is 0 Å². The number of likely N-dealkylation sites (N-methyl/N-ethyl adjacent to an activating group) is 1. The zero-order valence-corrected chi connectivity index (χ0v) is 10.3. The van der Waals surface area contributed by atoms with Crippen molar-refractivity contribution < 1.29 is 0 Å². The quantitative estimate of drug-likeness (QED) is 0.881. The predicted molar refractivity (Wildman–Crippen MR) is 66.6 cm³/mol. The molecule has 0 bridgehead atoms. The Bertz CT molecular complexity index is 439. The number of rotatable bonds is 4. The molecule has 3 nitrogen and oxygen atoms in total. The van der Waals surface area contributed by atoms with Crippen LogP contribution in [0.15, 0.2) is 29.8 Å². The lowest BCUT2D eigenvalue weighted by molar-refractivity contribution is 0.571. The molecule has 0 aliphatic heterocycles. The van der Waals surface area contributed by atoms with Gasteiger partial charge in [-0.25, -0.2) is 4.98 Å². The molecule has 0 spiro atoms. The summed E-state index contributed by atoms with van der Waals surface area (Å²) in [7, 11) is 1.96. The number of nitrogens with zero attached hydrogens (tertiary/aromatic N) is 2. The molecule has 0 fully saturated rings. The Kier molecular flexibility index (Phi) is 3.64. The number of nitrogens with one attached hydrogen (secondary N) is 1. The molecule has 2 aromatic heterocycles. The van der Waals surface area contributed by atoms with Crippen LogP contribution in [0.1, 0.15) is 22.4 Å². The summed E-state index contributed by atoms with van der Waals surface area (Å²) in [5.74, 6) is 0. The maximum atomic E-state index is 4.51. The number of hydrogen-bond acceptors (Lipinski definition) is 4. The molecular weight excluding hydrogens is 218 g/mol. The normalized spacial score (nSPS) is 12.6. The van der Waals surface area contributed by atoms with E-state index in [1.54, 1.807) is 11.3 Å². The van der Waals surface area contributed by atoms with Gasteiger partial charge in [-0.3, -0.25) is 4.98 Å². The fraction of sp³-hybridized carbons (Fsp3) is 0.333. The van der Waals surface area contributed by atoms with Gasteiger partial charge in [-0.15, -0.1) is 11.3 Å². The van der Waals surface area contributed by atoms with Gasteiger partial charge in [0.15, 0.2) is 0 Å². The zero-order valence-electron chi connectivity index (χ0n) is 9.47. The highest BCUT2D eigenvalue weighted by Crippen LogP contribution is 2.19. The predicted octanol–water partition coefficient (Wildman–Crippen LogP) is 2.35. The average Bonchev–Trinajstić information content (AvgIpc) is 2.74. The molecule has 1 unspecified atom stereocenters. The second kappa shape index (κ2) is 5.18. The molecule has 2 rings (SSSR count). The molecule has 0 radical (unpaired) electrons. The van der Waals surface area contributed by atoms with Crippen LogP contribution in [-0.2, 0) is 6.42 Å². The highest BCUT2D eigenvalue weighted by atomic mass is 32.1. The van der Waals surface area contributed by atoms with E-state index in [1.807, 2.05) is 38.4 Å². The van der Waals surface area contributed by atoms with E-state index in [1.165, 1.54) is 0 Å². The van der Waals surface area contributed by atoms with E-state index in [2.05, 4.69) is 20.7 Å². The van der Waals surface area contributed by atoms with Gasteiger partial charge in [0.25, 0.3) is 0 Å². The third-order valence-electron chi connectivity index (χ3n) is 2.48. The van der Waals surface area contributed by atoms with Crippen LogP contribution < -0.4 is 5.32 Å². The van der Waals surface area contributed by atoms with E-state index in [9.17, 15) is 0 Å². The monoisotopic (exact) mass is 233 g/mol. The SMILES string of the molecule is CNC(Cc1ccccn1)c1csc(C)n1. The van der Waals surface area contributed by atoms with Gasteiger partial charge in [0.2, 0.25) is 0 Å². The van der Waals surface area contributed by atoms with Crippen molar-refractivity contribution in [2.75, 3.05) is 7.05 Å². The van der Waals surface area contributed by atoms with Gasteiger partial charge in [0.05, 0.1) is 16.7 Å². The minimum Gasteiger partial charge on any atom is -0.311 e. The first kappa shape index (κ1) is 11.2. The van der Waals surface area contributed by atoms with E-state index in [-0.39, 0.29) is 6.04 Å². The molecule has 0 saturated heterocycles. The Hall–Kier alpha value is -1.26. The second-order valence-electron chi connectivity index (χ2n) is 3.66. The van der Waals surface area contributed by atoms with Crippen molar-refractivity contribution in [3.63, 3.8) is 0 Å². The molecule has 0 aliphatic rings. The zero-order chi connectivity index (χ0) is 11.4. The van der Waals surface area contributed by atoms with E-state index < -0.39 is 0 Å². The van der Waals surface area contributed by atoms with Crippen LogP contribution in [0.25, 0.3) is 0 Å². The van der Waals surface area contributed by atoms with Crippen molar-refractivity contribution in [2.24, 2.45) is 0 Å². The van der Waals surface area contributed by atoms with Crippen molar-refractivity contribution in [3.05, 3.63) is 46.2 Å². The largest absolute Gasteiger partial charge is 0.311 e. The number of aromatic nitrogens is 2. The Morgan fingerprint density at radius 1 is 1.44 bits per heavy atom. The fourth-order valence-corrected chi connectivity index (χ4v) is 2.29. The number of hydrogen-bond donors (Lipinski definition) is 1. The summed E-state index contributed by atoms with van der Waals surface area (Å²) in [5, 5.41) is 6.50. The first-order chi connectivity index (χ1) is 7.79. The van der Waals surface area contributed by atoms with E-state index in [0.717, 1.165) is 22.8 Å². The average molecular weight is 233 g/mol. The van der Waals surface area contributed by atoms with Crippen molar-refractivity contribution in [1.82, 2.24) is 15.3 Å². The lowest BCUT2D eigenvalue weighted by Gasteiger charge is -2.12. The Morgan fingerprint density at radius 2 is 2.31 bits per heavy atom. The maximum Gasteiger partial charge on any atom is 0.0898 e. The first-order valence-electron chi connectivity index (χ1n) is 5.29. The van der Waals surface area contributed by atoms with Crippen LogP contribution >= 0.6 is 11.3 Å². The highest BCUT2D eigenvalue weighted by Gasteiger charge is 2.13. The maximum absolute atomic E-state index is 4.51. The van der Waals surface area contributed by atoms with Crippen LogP contribution in [0.3, 0.4) is 0 Å². The Labute approximate surface area is 99.6 Å². The van der Waals surface area contributed by atoms with Crippen LogP contribution in [0.5, 0.6) is 0 Å². The molecule has 2 aromatic rings. The second-order valence-corrected chi connectivity index (χ2v) is 4.72. The summed E-state index contributed by atoms with van der Waals surface area (Å²) in [5.41, 5.74) is 2.20. The Balaban J connectivity index is 2.12. The molecular formula is C12H15N3S. The van der Waals surface area contributed by atoms with Crippen LogP contribution in [0.2, 0.25) is 0 Å². The van der Waals surface area contributed by atoms with Crippen molar-refractivity contribution in [1.29, 1.82) is 0 Å². The summed E-state index contributed by atoms with van der Waals surface area (Å²) < 4.78 is 0. The van der Waals surface area contributed by atoms with Gasteiger partial charge in [0.1, 0.15) is 0 Å². The van der Waals surface area contributed by atoms with Gasteiger partial charge >= 0.3 is 0 Å². The lowest BCUT2D eigenvalue weighted by atomic mass is 10.1. The standard InChI is InChI=1S/C12H15N3S/c1-9-15-12(8-16-9)11(13-2)7-10-5-3-4-6-14-10/h3-6,8,11,13H,7H2,1-2H3. The third kappa shape index (κ3) is 2.65. The minimum atomic E-state index is 0.250. The fourth-order valence-electron chi connectivity index (χ4n) is 1.62. The molecule has 2 heterocycles. The summed E-state index contributed by atoms with van der Waals surface area (Å²) in [6.07, 6.45) is 2.70. The van der Waals surface area contributed by atoms with E-state index >= 15 is 0 Å². The van der Waals surface area contributed by atoms with E-state index in [0.29, 0.717) is 0 Å². The smallest absolute Gasteiger partial charge is 0.0898 e. The lowest BCUT2D eigenvalue weighted by Crippen LogP contribution is -2.19. The summed E-state index contributed by atoms with van der Waals surface area (Å²) >= 11 is 1.69. The van der Waals surface area contributed by atoms with E-state index in [4.69, 9.17) is 0 Å². The molecule has 0 aliphatic carbocycles. The summed E-state index contributed by atoms with van der Waals surface area (Å²) in [4.78, 5) is 8.84. The molecule has 1 atom stereocenters.